The number of anilines is 3. The molecule has 0 radical (unpaired) electrons. The van der Waals surface area contributed by atoms with Gasteiger partial charge in [-0.1, -0.05) is 17.4 Å². The Bertz CT molecular complexity index is 1010. The Kier molecular flexibility index (Phi) is 5.66. The molecule has 4 N–H and O–H groups in total. The van der Waals surface area contributed by atoms with Crippen LogP contribution in [-0.2, 0) is 6.54 Å². The average molecular weight is 401 g/mol. The topological polar surface area (TPSA) is 112 Å². The maximum absolute atomic E-state index is 12.6. The maximum atomic E-state index is 12.6. The van der Waals surface area contributed by atoms with Crippen molar-refractivity contribution in [3.8, 4) is 5.75 Å². The van der Waals surface area contributed by atoms with Crippen molar-refractivity contribution < 1.29 is 15.0 Å². The minimum atomic E-state index is -0.494. The zero-order chi connectivity index (χ0) is 20.4. The highest BCUT2D eigenvalue weighted by Crippen LogP contribution is 2.29. The van der Waals surface area contributed by atoms with Gasteiger partial charge < -0.3 is 20.8 Å². The number of aromatic nitrogens is 3. The van der Waals surface area contributed by atoms with E-state index in [1.54, 1.807) is 30.7 Å². The molecule has 0 bridgehead atoms. The number of thiazole rings is 1. The minimum absolute atomic E-state index is 0.135. The number of carbonyl (C=O) groups excluding carboxylic acids is 1. The second-order valence-corrected chi connectivity index (χ2v) is 7.77. The van der Waals surface area contributed by atoms with E-state index in [1.165, 1.54) is 17.5 Å². The number of hydrogen-bond acceptors (Lipinski definition) is 7. The fourth-order valence-corrected chi connectivity index (χ4v) is 3.46. The van der Waals surface area contributed by atoms with E-state index in [2.05, 4.69) is 20.7 Å². The van der Waals surface area contributed by atoms with Crippen LogP contribution in [0.25, 0.3) is 0 Å². The first kappa shape index (κ1) is 19.8. The van der Waals surface area contributed by atoms with Crippen molar-refractivity contribution >= 4 is 33.9 Å². The molecule has 148 valence electrons. The Hall–Kier alpha value is -2.91. The predicted molar refractivity (Wildman–Crippen MR) is 110 cm³/mol. The first-order valence-corrected chi connectivity index (χ1v) is 9.61. The van der Waals surface area contributed by atoms with E-state index in [4.69, 9.17) is 0 Å². The average Bonchev–Trinajstić information content (AvgIpc) is 3.22. The number of aliphatic hydroxyl groups excluding tert-OH is 1. The number of aryl methyl sites for hydroxylation is 2. The molecule has 1 atom stereocenters. The summed E-state index contributed by atoms with van der Waals surface area (Å²) in [6.07, 6.45) is 2.84. The van der Waals surface area contributed by atoms with Crippen molar-refractivity contribution in [1.29, 1.82) is 0 Å². The zero-order valence-electron chi connectivity index (χ0n) is 16.1. The maximum Gasteiger partial charge on any atom is 0.267 e. The fourth-order valence-electron chi connectivity index (χ4n) is 2.75. The first-order valence-electron chi connectivity index (χ1n) is 8.80. The van der Waals surface area contributed by atoms with Crippen LogP contribution in [0, 0.1) is 20.8 Å². The monoisotopic (exact) mass is 401 g/mol. The number of benzene rings is 1. The van der Waals surface area contributed by atoms with Crippen molar-refractivity contribution in [3.05, 3.63) is 46.1 Å². The van der Waals surface area contributed by atoms with Gasteiger partial charge in [-0.15, -0.1) is 0 Å². The minimum Gasteiger partial charge on any atom is -0.508 e. The smallest absolute Gasteiger partial charge is 0.267 e. The van der Waals surface area contributed by atoms with Gasteiger partial charge in [-0.2, -0.15) is 5.10 Å². The molecule has 2 heterocycles. The molecule has 0 fully saturated rings. The highest BCUT2D eigenvalue weighted by atomic mass is 32.1. The molecule has 28 heavy (non-hydrogen) atoms. The SMILES string of the molecule is Cc1cn(CC(C)O)nc1Nc1ncc(C(=O)Nc2c(C)ccc(O)c2C)s1. The van der Waals surface area contributed by atoms with Crippen LogP contribution in [0.3, 0.4) is 0 Å². The summed E-state index contributed by atoms with van der Waals surface area (Å²) in [7, 11) is 0. The third kappa shape index (κ3) is 4.32. The molecule has 2 aromatic heterocycles. The number of amides is 1. The number of nitrogens with zero attached hydrogens (tertiary/aromatic N) is 3. The molecule has 1 amide bonds. The number of aliphatic hydroxyl groups is 1. The van der Waals surface area contributed by atoms with Gasteiger partial charge in [-0.3, -0.25) is 9.48 Å². The molecule has 1 aromatic carbocycles. The number of aromatic hydroxyl groups is 1. The molecule has 0 aliphatic heterocycles. The predicted octanol–water partition coefficient (Wildman–Crippen LogP) is 3.35. The molecule has 0 aliphatic carbocycles. The molecular formula is C19H23N5O3S. The van der Waals surface area contributed by atoms with E-state index < -0.39 is 6.10 Å². The van der Waals surface area contributed by atoms with E-state index in [0.717, 1.165) is 11.1 Å². The van der Waals surface area contributed by atoms with E-state index in [1.807, 2.05) is 20.0 Å². The van der Waals surface area contributed by atoms with Crippen molar-refractivity contribution in [1.82, 2.24) is 14.8 Å². The third-order valence-electron chi connectivity index (χ3n) is 4.23. The summed E-state index contributed by atoms with van der Waals surface area (Å²) in [5.74, 6) is 0.469. The number of rotatable bonds is 6. The molecule has 8 nitrogen and oxygen atoms in total. The Morgan fingerprint density at radius 2 is 2.04 bits per heavy atom. The number of hydrogen-bond donors (Lipinski definition) is 4. The van der Waals surface area contributed by atoms with Crippen molar-refractivity contribution in [3.63, 3.8) is 0 Å². The molecule has 0 saturated heterocycles. The van der Waals surface area contributed by atoms with Crippen LogP contribution in [-0.4, -0.2) is 37.0 Å². The summed E-state index contributed by atoms with van der Waals surface area (Å²) in [6.45, 7) is 7.63. The summed E-state index contributed by atoms with van der Waals surface area (Å²) < 4.78 is 1.66. The second-order valence-electron chi connectivity index (χ2n) is 6.74. The van der Waals surface area contributed by atoms with Gasteiger partial charge in [0.25, 0.3) is 5.91 Å². The van der Waals surface area contributed by atoms with Gasteiger partial charge in [-0.25, -0.2) is 4.98 Å². The first-order chi connectivity index (χ1) is 13.2. The quantitative estimate of drug-likeness (QED) is 0.504. The standard InChI is InChI=1S/C19H23N5O3S/c1-10-5-6-14(26)13(4)16(10)21-18(27)15-7-20-19(28-15)22-17-11(2)8-24(23-17)9-12(3)25/h5-8,12,25-26H,9H2,1-4H3,(H,21,27)(H,20,22,23). The number of phenols is 1. The lowest BCUT2D eigenvalue weighted by molar-refractivity contribution is 0.103. The lowest BCUT2D eigenvalue weighted by Gasteiger charge is -2.11. The molecule has 3 aromatic rings. The van der Waals surface area contributed by atoms with Gasteiger partial charge >= 0.3 is 0 Å². The van der Waals surface area contributed by atoms with E-state index in [-0.39, 0.29) is 11.7 Å². The molecular weight excluding hydrogens is 378 g/mol. The zero-order valence-corrected chi connectivity index (χ0v) is 17.0. The van der Waals surface area contributed by atoms with Gasteiger partial charge in [0.1, 0.15) is 10.6 Å². The van der Waals surface area contributed by atoms with Gasteiger partial charge in [0.15, 0.2) is 10.9 Å². The van der Waals surface area contributed by atoms with Gasteiger partial charge in [0, 0.05) is 17.3 Å². The van der Waals surface area contributed by atoms with Crippen molar-refractivity contribution in [2.75, 3.05) is 10.6 Å². The Morgan fingerprint density at radius 1 is 1.29 bits per heavy atom. The Labute approximate surface area is 166 Å². The van der Waals surface area contributed by atoms with Crippen LogP contribution in [0.5, 0.6) is 5.75 Å². The van der Waals surface area contributed by atoms with Gasteiger partial charge in [0.2, 0.25) is 0 Å². The Balaban J connectivity index is 1.73. The van der Waals surface area contributed by atoms with Crippen molar-refractivity contribution in [2.45, 2.75) is 40.3 Å². The summed E-state index contributed by atoms with van der Waals surface area (Å²) >= 11 is 1.21. The molecule has 9 heteroatoms. The largest absolute Gasteiger partial charge is 0.508 e. The number of phenolic OH excluding ortho intramolecular Hbond substituents is 1. The Morgan fingerprint density at radius 3 is 2.75 bits per heavy atom. The van der Waals surface area contributed by atoms with Crippen LogP contribution in [0.15, 0.2) is 24.5 Å². The van der Waals surface area contributed by atoms with E-state index >= 15 is 0 Å². The summed E-state index contributed by atoms with van der Waals surface area (Å²) in [6, 6.07) is 3.36. The fraction of sp³-hybridized carbons (Fsp3) is 0.316. The summed E-state index contributed by atoms with van der Waals surface area (Å²) in [5, 5.41) is 30.2. The van der Waals surface area contributed by atoms with Gasteiger partial charge in [-0.05, 0) is 39.3 Å². The van der Waals surface area contributed by atoms with Crippen LogP contribution >= 0.6 is 11.3 Å². The molecule has 0 saturated carbocycles. The lowest BCUT2D eigenvalue weighted by Crippen LogP contribution is -2.12. The highest BCUT2D eigenvalue weighted by Gasteiger charge is 2.16. The number of nitrogens with one attached hydrogen (secondary N) is 2. The van der Waals surface area contributed by atoms with Crippen LogP contribution < -0.4 is 10.6 Å². The van der Waals surface area contributed by atoms with E-state index in [0.29, 0.717) is 33.6 Å². The highest BCUT2D eigenvalue weighted by molar-refractivity contribution is 7.17. The summed E-state index contributed by atoms with van der Waals surface area (Å²) in [5.41, 5.74) is 3.00. The normalized spacial score (nSPS) is 12.0. The van der Waals surface area contributed by atoms with Crippen molar-refractivity contribution in [2.24, 2.45) is 0 Å². The second kappa shape index (κ2) is 7.99. The summed E-state index contributed by atoms with van der Waals surface area (Å²) in [4.78, 5) is 17.3. The van der Waals surface area contributed by atoms with Gasteiger partial charge in [0.05, 0.1) is 24.5 Å². The lowest BCUT2D eigenvalue weighted by atomic mass is 10.1. The molecule has 0 spiro atoms. The van der Waals surface area contributed by atoms with E-state index in [9.17, 15) is 15.0 Å². The molecule has 1 unspecified atom stereocenters. The number of carbonyl (C=O) groups is 1. The van der Waals surface area contributed by atoms with Crippen LogP contribution in [0.2, 0.25) is 0 Å². The molecule has 0 aliphatic rings. The van der Waals surface area contributed by atoms with Crippen LogP contribution in [0.4, 0.5) is 16.6 Å². The third-order valence-corrected chi connectivity index (χ3v) is 5.15. The molecule has 3 rings (SSSR count). The van der Waals surface area contributed by atoms with Crippen LogP contribution in [0.1, 0.15) is 33.3 Å².